The predicted octanol–water partition coefficient (Wildman–Crippen LogP) is -0.780. The van der Waals surface area contributed by atoms with Crippen LogP contribution in [0.15, 0.2) is 23.1 Å². The predicted molar refractivity (Wildman–Crippen MR) is 78.2 cm³/mol. The maximum absolute atomic E-state index is 11.5. The van der Waals surface area contributed by atoms with E-state index in [0.29, 0.717) is 5.69 Å². The van der Waals surface area contributed by atoms with Crippen LogP contribution in [0, 0.1) is 0 Å². The van der Waals surface area contributed by atoms with Crippen LogP contribution >= 0.6 is 0 Å². The molecule has 0 fully saturated rings. The number of sulfonamides is 2. The fraction of sp³-hybridized carbons (Fsp3) is 0.400. The number of nitrogen functional groups attached to an aromatic ring is 1. The summed E-state index contributed by atoms with van der Waals surface area (Å²) in [5.74, 6) is -0.0865. The molecule has 0 spiro atoms. The molecule has 0 atom stereocenters. The number of nitrogens with one attached hydrogen (secondary N) is 1. The molecule has 0 saturated carbocycles. The van der Waals surface area contributed by atoms with Crippen molar-refractivity contribution in [3.8, 4) is 0 Å². The molecule has 10 heteroatoms. The largest absolute Gasteiger partial charge is 0.398 e. The van der Waals surface area contributed by atoms with Crippen molar-refractivity contribution in [1.82, 2.24) is 4.31 Å². The topological polar surface area (TPSA) is 136 Å². The number of primary sulfonamides is 1. The smallest absolute Gasteiger partial charge is 0.240 e. The van der Waals surface area contributed by atoms with Gasteiger partial charge in [-0.2, -0.15) is 0 Å². The summed E-state index contributed by atoms with van der Waals surface area (Å²) in [4.78, 5) is -0.163. The summed E-state index contributed by atoms with van der Waals surface area (Å²) in [6.45, 7) is 0.175. The zero-order valence-corrected chi connectivity index (χ0v) is 12.8. The normalized spacial score (nSPS) is 12.6. The van der Waals surface area contributed by atoms with E-state index in [1.165, 1.54) is 32.3 Å². The molecule has 8 nitrogen and oxygen atoms in total. The Kier molecular flexibility index (Phi) is 4.97. The first-order valence-electron chi connectivity index (χ1n) is 5.60. The number of nitrogens with zero attached hydrogens (tertiary/aromatic N) is 1. The Balaban J connectivity index is 2.75. The standard InChI is InChI=1S/C10H18N4O4S2/c1-14(2)19(15,16)6-5-13-8-3-4-10(9(11)7-8)20(12,17)18/h3-4,7,13H,5-6,11H2,1-2H3,(H2,12,17,18). The molecule has 1 rings (SSSR count). The van der Waals surface area contributed by atoms with Crippen molar-refractivity contribution in [2.75, 3.05) is 37.4 Å². The number of rotatable bonds is 6. The molecule has 0 amide bonds. The number of benzene rings is 1. The van der Waals surface area contributed by atoms with Crippen molar-refractivity contribution in [3.05, 3.63) is 18.2 Å². The molecule has 0 unspecified atom stereocenters. The van der Waals surface area contributed by atoms with Gasteiger partial charge in [-0.15, -0.1) is 0 Å². The van der Waals surface area contributed by atoms with Crippen LogP contribution in [-0.4, -0.2) is 47.5 Å². The highest BCUT2D eigenvalue weighted by Gasteiger charge is 2.14. The highest BCUT2D eigenvalue weighted by atomic mass is 32.2. The molecule has 0 heterocycles. The van der Waals surface area contributed by atoms with Crippen molar-refractivity contribution in [1.29, 1.82) is 0 Å². The van der Waals surface area contributed by atoms with Crippen molar-refractivity contribution in [2.24, 2.45) is 5.14 Å². The molecule has 0 aliphatic heterocycles. The summed E-state index contributed by atoms with van der Waals surface area (Å²) in [6.07, 6.45) is 0. The second kappa shape index (κ2) is 5.95. The maximum atomic E-state index is 11.5. The van der Waals surface area contributed by atoms with E-state index in [1.807, 2.05) is 0 Å². The molecule has 0 aromatic heterocycles. The number of hydrogen-bond donors (Lipinski definition) is 3. The van der Waals surface area contributed by atoms with E-state index < -0.39 is 20.0 Å². The molecule has 1 aromatic carbocycles. The second-order valence-corrected chi connectivity index (χ2v) is 8.16. The Hall–Kier alpha value is -1.36. The summed E-state index contributed by atoms with van der Waals surface area (Å²) < 4.78 is 46.6. The second-order valence-electron chi connectivity index (χ2n) is 4.32. The van der Waals surface area contributed by atoms with Gasteiger partial charge in [0.2, 0.25) is 20.0 Å². The summed E-state index contributed by atoms with van der Waals surface area (Å²) >= 11 is 0. The van der Waals surface area contributed by atoms with Crippen LogP contribution in [0.1, 0.15) is 0 Å². The average Bonchev–Trinajstić information content (AvgIpc) is 2.26. The van der Waals surface area contributed by atoms with Crippen LogP contribution in [0.5, 0.6) is 0 Å². The Morgan fingerprint density at radius 3 is 2.25 bits per heavy atom. The van der Waals surface area contributed by atoms with Gasteiger partial charge in [-0.1, -0.05) is 0 Å². The molecule has 20 heavy (non-hydrogen) atoms. The number of hydrogen-bond acceptors (Lipinski definition) is 6. The van der Waals surface area contributed by atoms with Crippen LogP contribution in [0.25, 0.3) is 0 Å². The number of anilines is 2. The quantitative estimate of drug-likeness (QED) is 0.588. The van der Waals surface area contributed by atoms with Gasteiger partial charge in [0.25, 0.3) is 0 Å². The van der Waals surface area contributed by atoms with Crippen molar-refractivity contribution < 1.29 is 16.8 Å². The third kappa shape index (κ3) is 4.34. The lowest BCUT2D eigenvalue weighted by molar-refractivity contribution is 0.521. The van der Waals surface area contributed by atoms with Gasteiger partial charge in [-0.3, -0.25) is 0 Å². The summed E-state index contributed by atoms with van der Waals surface area (Å²) in [5, 5.41) is 7.84. The van der Waals surface area contributed by atoms with Gasteiger partial charge in [0.15, 0.2) is 0 Å². The van der Waals surface area contributed by atoms with Crippen molar-refractivity contribution in [3.63, 3.8) is 0 Å². The van der Waals surface area contributed by atoms with E-state index in [-0.39, 0.29) is 22.9 Å². The highest BCUT2D eigenvalue weighted by Crippen LogP contribution is 2.21. The minimum atomic E-state index is -3.86. The van der Waals surface area contributed by atoms with Gasteiger partial charge in [0.05, 0.1) is 11.4 Å². The zero-order valence-electron chi connectivity index (χ0n) is 11.2. The third-order valence-corrected chi connectivity index (χ3v) is 5.38. The van der Waals surface area contributed by atoms with Crippen molar-refractivity contribution in [2.45, 2.75) is 4.90 Å². The fourth-order valence-electron chi connectivity index (χ4n) is 1.42. The monoisotopic (exact) mass is 322 g/mol. The lowest BCUT2D eigenvalue weighted by Gasteiger charge is -2.13. The summed E-state index contributed by atoms with van der Waals surface area (Å²) in [6, 6.07) is 4.13. The SMILES string of the molecule is CN(C)S(=O)(=O)CCNc1ccc(S(N)(=O)=O)c(N)c1. The maximum Gasteiger partial charge on any atom is 0.240 e. The summed E-state index contributed by atoms with van der Waals surface area (Å²) in [5.41, 5.74) is 6.11. The van der Waals surface area contributed by atoms with E-state index in [9.17, 15) is 16.8 Å². The minimum absolute atomic E-state index is 0.00738. The molecular formula is C10H18N4O4S2. The lowest BCUT2D eigenvalue weighted by atomic mass is 10.3. The van der Waals surface area contributed by atoms with E-state index in [0.717, 1.165) is 4.31 Å². The van der Waals surface area contributed by atoms with Crippen LogP contribution in [0.4, 0.5) is 11.4 Å². The van der Waals surface area contributed by atoms with Gasteiger partial charge in [-0.05, 0) is 18.2 Å². The lowest BCUT2D eigenvalue weighted by Crippen LogP contribution is -2.28. The first kappa shape index (κ1) is 16.7. The zero-order chi connectivity index (χ0) is 15.6. The fourth-order valence-corrected chi connectivity index (χ4v) is 2.79. The van der Waals surface area contributed by atoms with Crippen LogP contribution in [0.2, 0.25) is 0 Å². The highest BCUT2D eigenvalue weighted by molar-refractivity contribution is 7.89. The van der Waals surface area contributed by atoms with Gasteiger partial charge in [0.1, 0.15) is 4.90 Å². The Morgan fingerprint density at radius 2 is 1.80 bits per heavy atom. The molecule has 1 aromatic rings. The molecule has 0 aliphatic carbocycles. The third-order valence-electron chi connectivity index (χ3n) is 2.56. The van der Waals surface area contributed by atoms with Crippen molar-refractivity contribution >= 4 is 31.4 Å². The van der Waals surface area contributed by atoms with Crippen LogP contribution in [0.3, 0.4) is 0 Å². The molecule has 0 aliphatic rings. The summed E-state index contributed by atoms with van der Waals surface area (Å²) in [7, 11) is -4.24. The molecule has 0 bridgehead atoms. The molecule has 0 saturated heterocycles. The van der Waals surface area contributed by atoms with Gasteiger partial charge in [-0.25, -0.2) is 26.3 Å². The van der Waals surface area contributed by atoms with E-state index >= 15 is 0 Å². The minimum Gasteiger partial charge on any atom is -0.398 e. The Bertz CT molecular complexity index is 683. The number of nitrogens with two attached hydrogens (primary N) is 2. The van der Waals surface area contributed by atoms with Crippen LogP contribution < -0.4 is 16.2 Å². The molecule has 0 radical (unpaired) electrons. The van der Waals surface area contributed by atoms with Gasteiger partial charge < -0.3 is 11.1 Å². The molecular weight excluding hydrogens is 304 g/mol. The first-order valence-corrected chi connectivity index (χ1v) is 8.76. The van der Waals surface area contributed by atoms with Gasteiger partial charge in [0, 0.05) is 26.3 Å². The average molecular weight is 322 g/mol. The first-order chi connectivity index (χ1) is 9.04. The van der Waals surface area contributed by atoms with Gasteiger partial charge >= 0.3 is 0 Å². The Morgan fingerprint density at radius 1 is 1.20 bits per heavy atom. The van der Waals surface area contributed by atoms with Crippen LogP contribution in [-0.2, 0) is 20.0 Å². The molecule has 5 N–H and O–H groups in total. The molecule has 114 valence electrons. The van der Waals surface area contributed by atoms with E-state index in [1.54, 1.807) is 0 Å². The Labute approximate surface area is 118 Å². The van der Waals surface area contributed by atoms with E-state index in [2.05, 4.69) is 5.32 Å². The van der Waals surface area contributed by atoms with E-state index in [4.69, 9.17) is 10.9 Å².